The largest absolute Gasteiger partial charge is 0.481 e. The van der Waals surface area contributed by atoms with Crippen molar-refractivity contribution in [3.8, 4) is 0 Å². The van der Waals surface area contributed by atoms with Gasteiger partial charge in [0.1, 0.15) is 0 Å². The number of carbonyl (C=O) groups is 1. The SMILES string of the molecule is NN=NCCCCCCCCCCCC(=O)O. The van der Waals surface area contributed by atoms with E-state index in [1.54, 1.807) is 0 Å². The lowest BCUT2D eigenvalue weighted by Crippen LogP contribution is -1.93. The van der Waals surface area contributed by atoms with E-state index in [9.17, 15) is 4.79 Å². The van der Waals surface area contributed by atoms with Gasteiger partial charge in [-0.1, -0.05) is 50.2 Å². The molecule has 0 aliphatic heterocycles. The third-order valence-corrected chi connectivity index (χ3v) is 2.73. The van der Waals surface area contributed by atoms with Crippen LogP contribution in [0, 0.1) is 0 Å². The van der Waals surface area contributed by atoms with Crippen LogP contribution in [0.3, 0.4) is 0 Å². The highest BCUT2D eigenvalue weighted by Gasteiger charge is 1.96. The molecule has 0 aliphatic rings. The van der Waals surface area contributed by atoms with Gasteiger partial charge >= 0.3 is 5.97 Å². The first-order chi connectivity index (χ1) is 8.27. The predicted octanol–water partition coefficient (Wildman–Crippen LogP) is 3.30. The summed E-state index contributed by atoms with van der Waals surface area (Å²) in [6.45, 7) is 0.742. The first-order valence-corrected chi connectivity index (χ1v) is 6.56. The standard InChI is InChI=1S/C12H25N3O2/c13-15-14-11-9-7-5-3-1-2-4-6-8-10-12(16)17/h1-11H2,(H2,13,14)(H,16,17). The molecule has 0 aliphatic carbocycles. The molecule has 5 heteroatoms. The van der Waals surface area contributed by atoms with Crippen LogP contribution < -0.4 is 5.84 Å². The Morgan fingerprint density at radius 1 is 0.882 bits per heavy atom. The predicted molar refractivity (Wildman–Crippen MR) is 67.7 cm³/mol. The Labute approximate surface area is 103 Å². The van der Waals surface area contributed by atoms with Crippen LogP contribution in [0.4, 0.5) is 0 Å². The zero-order valence-electron chi connectivity index (χ0n) is 10.6. The van der Waals surface area contributed by atoms with Gasteiger partial charge in [0.2, 0.25) is 0 Å². The summed E-state index contributed by atoms with van der Waals surface area (Å²) in [6.07, 6.45) is 10.6. The molecule has 0 atom stereocenters. The van der Waals surface area contributed by atoms with Crippen molar-refractivity contribution in [2.45, 2.75) is 64.2 Å². The van der Waals surface area contributed by atoms with Gasteiger partial charge in [-0.2, -0.15) is 5.11 Å². The van der Waals surface area contributed by atoms with Crippen LogP contribution in [0.25, 0.3) is 0 Å². The maximum atomic E-state index is 10.3. The molecule has 0 spiro atoms. The summed E-state index contributed by atoms with van der Waals surface area (Å²) in [5.74, 6) is 4.21. The zero-order chi connectivity index (χ0) is 12.8. The monoisotopic (exact) mass is 243 g/mol. The number of carboxylic acids is 1. The molecule has 0 fully saturated rings. The van der Waals surface area contributed by atoms with Gasteiger partial charge in [0, 0.05) is 6.42 Å². The van der Waals surface area contributed by atoms with Crippen molar-refractivity contribution < 1.29 is 9.90 Å². The summed E-state index contributed by atoms with van der Waals surface area (Å²) >= 11 is 0. The second-order valence-corrected chi connectivity index (χ2v) is 4.31. The van der Waals surface area contributed by atoms with Crippen LogP contribution in [0.5, 0.6) is 0 Å². The van der Waals surface area contributed by atoms with Crippen LogP contribution in [-0.2, 0) is 4.79 Å². The summed E-state index contributed by atoms with van der Waals surface area (Å²) in [5, 5.41) is 15.4. The quantitative estimate of drug-likeness (QED) is 0.238. The molecule has 0 saturated carbocycles. The fourth-order valence-corrected chi connectivity index (χ4v) is 1.75. The summed E-state index contributed by atoms with van der Waals surface area (Å²) in [5.41, 5.74) is 0. The molecule has 0 radical (unpaired) electrons. The van der Waals surface area contributed by atoms with Gasteiger partial charge in [-0.3, -0.25) is 4.79 Å². The summed E-state index contributed by atoms with van der Waals surface area (Å²) in [7, 11) is 0. The third kappa shape index (κ3) is 14.9. The molecule has 0 aromatic heterocycles. The Bertz CT molecular complexity index is 208. The van der Waals surface area contributed by atoms with Crippen LogP contribution >= 0.6 is 0 Å². The van der Waals surface area contributed by atoms with E-state index in [0.717, 1.165) is 32.2 Å². The van der Waals surface area contributed by atoms with Crippen LogP contribution in [-0.4, -0.2) is 17.6 Å². The van der Waals surface area contributed by atoms with Gasteiger partial charge in [-0.25, -0.2) is 0 Å². The van der Waals surface area contributed by atoms with E-state index < -0.39 is 5.97 Å². The van der Waals surface area contributed by atoms with Gasteiger partial charge in [-0.05, 0) is 12.8 Å². The highest BCUT2D eigenvalue weighted by Crippen LogP contribution is 2.10. The molecule has 0 bridgehead atoms. The van der Waals surface area contributed by atoms with Crippen molar-refractivity contribution in [3.05, 3.63) is 0 Å². The molecule has 0 amide bonds. The van der Waals surface area contributed by atoms with Gasteiger partial charge in [0.25, 0.3) is 0 Å². The second kappa shape index (κ2) is 12.9. The molecule has 3 N–H and O–H groups in total. The van der Waals surface area contributed by atoms with Gasteiger partial charge in [0.05, 0.1) is 6.54 Å². The van der Waals surface area contributed by atoms with Crippen LogP contribution in [0.2, 0.25) is 0 Å². The number of nitrogens with zero attached hydrogens (tertiary/aromatic N) is 2. The van der Waals surface area contributed by atoms with Crippen LogP contribution in [0.1, 0.15) is 64.2 Å². The van der Waals surface area contributed by atoms with E-state index in [-0.39, 0.29) is 0 Å². The first-order valence-electron chi connectivity index (χ1n) is 6.56. The third-order valence-electron chi connectivity index (χ3n) is 2.73. The average Bonchev–Trinajstić information content (AvgIpc) is 2.30. The fourth-order valence-electron chi connectivity index (χ4n) is 1.75. The fraction of sp³-hybridized carbons (Fsp3) is 0.917. The normalized spacial score (nSPS) is 11.1. The van der Waals surface area contributed by atoms with E-state index in [2.05, 4.69) is 10.3 Å². The van der Waals surface area contributed by atoms with Crippen molar-refractivity contribution in [1.29, 1.82) is 0 Å². The molecule has 0 rings (SSSR count). The zero-order valence-corrected chi connectivity index (χ0v) is 10.6. The Hall–Kier alpha value is -1.13. The smallest absolute Gasteiger partial charge is 0.303 e. The first kappa shape index (κ1) is 15.9. The second-order valence-electron chi connectivity index (χ2n) is 4.31. The lowest BCUT2D eigenvalue weighted by molar-refractivity contribution is -0.137. The number of hydrogen-bond donors (Lipinski definition) is 2. The van der Waals surface area contributed by atoms with E-state index >= 15 is 0 Å². The molecule has 5 nitrogen and oxygen atoms in total. The number of aliphatic carboxylic acids is 1. The molecule has 17 heavy (non-hydrogen) atoms. The number of nitrogens with two attached hydrogens (primary N) is 1. The topological polar surface area (TPSA) is 88.0 Å². The van der Waals surface area contributed by atoms with Crippen molar-refractivity contribution in [2.75, 3.05) is 6.54 Å². The van der Waals surface area contributed by atoms with E-state index in [1.807, 2.05) is 0 Å². The van der Waals surface area contributed by atoms with Crippen molar-refractivity contribution >= 4 is 5.97 Å². The van der Waals surface area contributed by atoms with Gasteiger partial charge < -0.3 is 10.9 Å². The van der Waals surface area contributed by atoms with E-state index in [1.165, 1.54) is 32.1 Å². The summed E-state index contributed by atoms with van der Waals surface area (Å²) in [4.78, 5) is 10.3. The molecule has 0 unspecified atom stereocenters. The summed E-state index contributed by atoms with van der Waals surface area (Å²) in [6, 6.07) is 0. The van der Waals surface area contributed by atoms with Crippen LogP contribution in [0.15, 0.2) is 10.3 Å². The summed E-state index contributed by atoms with van der Waals surface area (Å²) < 4.78 is 0. The Kier molecular flexibility index (Phi) is 12.1. The average molecular weight is 243 g/mol. The minimum Gasteiger partial charge on any atom is -0.481 e. The highest BCUT2D eigenvalue weighted by atomic mass is 16.4. The number of unbranched alkanes of at least 4 members (excludes halogenated alkanes) is 8. The number of rotatable bonds is 12. The Morgan fingerprint density at radius 2 is 1.35 bits per heavy atom. The molecule has 0 saturated heterocycles. The molecular formula is C12H25N3O2. The number of hydrogen-bond acceptors (Lipinski definition) is 3. The molecule has 0 aromatic rings. The Balaban J connectivity index is 2.96. The molecular weight excluding hydrogens is 218 g/mol. The molecule has 100 valence electrons. The van der Waals surface area contributed by atoms with Crippen molar-refractivity contribution in [2.24, 2.45) is 16.2 Å². The maximum Gasteiger partial charge on any atom is 0.303 e. The molecule has 0 aromatic carbocycles. The van der Waals surface area contributed by atoms with Crippen molar-refractivity contribution in [3.63, 3.8) is 0 Å². The van der Waals surface area contributed by atoms with E-state index in [0.29, 0.717) is 6.42 Å². The lowest BCUT2D eigenvalue weighted by atomic mass is 10.1. The highest BCUT2D eigenvalue weighted by molar-refractivity contribution is 5.66. The lowest BCUT2D eigenvalue weighted by Gasteiger charge is -2.01. The Morgan fingerprint density at radius 3 is 1.82 bits per heavy atom. The number of carboxylic acid groups (broad SMARTS) is 1. The van der Waals surface area contributed by atoms with Crippen molar-refractivity contribution in [1.82, 2.24) is 0 Å². The minimum atomic E-state index is -0.681. The maximum absolute atomic E-state index is 10.3. The molecule has 0 heterocycles. The van der Waals surface area contributed by atoms with E-state index in [4.69, 9.17) is 10.9 Å². The minimum absolute atomic E-state index is 0.315. The van der Waals surface area contributed by atoms with Gasteiger partial charge in [0.15, 0.2) is 0 Å². The van der Waals surface area contributed by atoms with Gasteiger partial charge in [-0.15, -0.1) is 0 Å².